The number of rotatable bonds is 5. The lowest BCUT2D eigenvalue weighted by molar-refractivity contribution is -0.385. The molecule has 148 valence electrons. The van der Waals surface area contributed by atoms with Gasteiger partial charge >= 0.3 is 0 Å². The lowest BCUT2D eigenvalue weighted by Crippen LogP contribution is -2.56. The molecule has 0 aromatic carbocycles. The van der Waals surface area contributed by atoms with E-state index in [0.29, 0.717) is 0 Å². The van der Waals surface area contributed by atoms with Gasteiger partial charge < -0.3 is 5.32 Å². The quantitative estimate of drug-likeness (QED) is 0.617. The second-order valence-corrected chi connectivity index (χ2v) is 8.98. The first kappa shape index (κ1) is 18.7. The maximum atomic E-state index is 12.6. The Kier molecular flexibility index (Phi) is 4.48. The predicted octanol–water partition coefficient (Wildman–Crippen LogP) is 2.35. The summed E-state index contributed by atoms with van der Waals surface area (Å²) in [6.07, 6.45) is 8.43. The van der Waals surface area contributed by atoms with Gasteiger partial charge in [-0.1, -0.05) is 0 Å². The number of carbonyl (C=O) groups excluding carboxylic acids is 1. The van der Waals surface area contributed by atoms with Gasteiger partial charge in [-0.15, -0.1) is 0 Å². The van der Waals surface area contributed by atoms with Crippen molar-refractivity contribution in [3.05, 3.63) is 38.3 Å². The number of pyridine rings is 1. The molecular weight excluding hydrogens is 360 g/mol. The van der Waals surface area contributed by atoms with Crippen LogP contribution in [0.2, 0.25) is 0 Å². The van der Waals surface area contributed by atoms with Crippen molar-refractivity contribution in [2.45, 2.75) is 58.0 Å². The Bertz CT molecular complexity index is 894. The SMILES string of the molecule is C[C@@H](NC(=O)Cn1cc([N+](=O)[O-])cc(C#N)c1=O)C12CC3CC(CC(C3)C1)C2. The number of nitrogens with one attached hydrogen (secondary N) is 1. The van der Waals surface area contributed by atoms with Crippen LogP contribution in [0.5, 0.6) is 0 Å². The van der Waals surface area contributed by atoms with Gasteiger partial charge in [-0.3, -0.25) is 24.3 Å². The molecule has 1 N–H and O–H groups in total. The van der Waals surface area contributed by atoms with Crippen LogP contribution >= 0.6 is 0 Å². The third kappa shape index (κ3) is 3.19. The van der Waals surface area contributed by atoms with Crippen molar-refractivity contribution in [2.75, 3.05) is 0 Å². The van der Waals surface area contributed by atoms with Gasteiger partial charge in [0.15, 0.2) is 0 Å². The molecule has 1 amide bonds. The highest BCUT2D eigenvalue weighted by Gasteiger charge is 2.53. The zero-order valence-corrected chi connectivity index (χ0v) is 15.9. The predicted molar refractivity (Wildman–Crippen MR) is 100 cm³/mol. The molecule has 4 aliphatic carbocycles. The fourth-order valence-electron chi connectivity index (χ4n) is 6.22. The minimum atomic E-state index is -0.689. The first-order chi connectivity index (χ1) is 13.3. The van der Waals surface area contributed by atoms with Crippen LogP contribution in [0.1, 0.15) is 51.0 Å². The van der Waals surface area contributed by atoms with E-state index in [1.54, 1.807) is 6.07 Å². The molecule has 4 aliphatic rings. The molecule has 1 heterocycles. The van der Waals surface area contributed by atoms with Gasteiger partial charge in [0.25, 0.3) is 11.2 Å². The van der Waals surface area contributed by atoms with Crippen LogP contribution in [0.25, 0.3) is 0 Å². The van der Waals surface area contributed by atoms with Gasteiger partial charge in [-0.25, -0.2) is 0 Å². The average molecular weight is 384 g/mol. The summed E-state index contributed by atoms with van der Waals surface area (Å²) in [5.74, 6) is 1.95. The van der Waals surface area contributed by atoms with E-state index < -0.39 is 10.5 Å². The van der Waals surface area contributed by atoms with Gasteiger partial charge in [0.2, 0.25) is 5.91 Å². The molecular formula is C20H24N4O4. The molecule has 4 fully saturated rings. The van der Waals surface area contributed by atoms with Crippen molar-refractivity contribution in [3.63, 3.8) is 0 Å². The Morgan fingerprint density at radius 3 is 2.43 bits per heavy atom. The molecule has 1 atom stereocenters. The molecule has 1 aromatic rings. The molecule has 0 aliphatic heterocycles. The summed E-state index contributed by atoms with van der Waals surface area (Å²) >= 11 is 0. The van der Waals surface area contributed by atoms with Gasteiger partial charge in [-0.05, 0) is 68.6 Å². The molecule has 8 heteroatoms. The van der Waals surface area contributed by atoms with Gasteiger partial charge in [0.05, 0.1) is 11.1 Å². The summed E-state index contributed by atoms with van der Waals surface area (Å²) in [6.45, 7) is 1.72. The molecule has 0 spiro atoms. The summed E-state index contributed by atoms with van der Waals surface area (Å²) in [5, 5.41) is 23.1. The van der Waals surface area contributed by atoms with Crippen molar-refractivity contribution in [1.82, 2.24) is 9.88 Å². The second kappa shape index (κ2) is 6.73. The summed E-state index contributed by atoms with van der Waals surface area (Å²) in [5.41, 5.74) is -1.27. The summed E-state index contributed by atoms with van der Waals surface area (Å²) in [6, 6.07) is 2.60. The lowest BCUT2D eigenvalue weighted by Gasteiger charge is -2.59. The molecule has 1 aromatic heterocycles. The van der Waals surface area contributed by atoms with Gasteiger partial charge in [-0.2, -0.15) is 5.26 Å². The van der Waals surface area contributed by atoms with E-state index in [9.17, 15) is 19.7 Å². The number of nitro groups is 1. The number of aromatic nitrogens is 1. The van der Waals surface area contributed by atoms with Gasteiger partial charge in [0.1, 0.15) is 18.2 Å². The van der Waals surface area contributed by atoms with Crippen LogP contribution in [0.3, 0.4) is 0 Å². The summed E-state index contributed by atoms with van der Waals surface area (Å²) in [4.78, 5) is 35.2. The minimum Gasteiger partial charge on any atom is -0.352 e. The van der Waals surface area contributed by atoms with E-state index in [0.717, 1.165) is 53.8 Å². The van der Waals surface area contributed by atoms with Crippen LogP contribution in [0.4, 0.5) is 5.69 Å². The summed E-state index contributed by atoms with van der Waals surface area (Å²) in [7, 11) is 0. The Labute approximate surface area is 162 Å². The lowest BCUT2D eigenvalue weighted by atomic mass is 9.48. The molecule has 4 saturated carbocycles. The average Bonchev–Trinajstić information content (AvgIpc) is 2.62. The van der Waals surface area contributed by atoms with Crippen LogP contribution in [-0.4, -0.2) is 21.4 Å². The molecule has 5 rings (SSSR count). The summed E-state index contributed by atoms with van der Waals surface area (Å²) < 4.78 is 0.957. The number of hydrogen-bond donors (Lipinski definition) is 1. The van der Waals surface area contributed by atoms with Crippen molar-refractivity contribution < 1.29 is 9.72 Å². The number of nitrogens with zero attached hydrogens (tertiary/aromatic N) is 3. The van der Waals surface area contributed by atoms with E-state index in [1.165, 1.54) is 19.3 Å². The minimum absolute atomic E-state index is 0.00163. The monoisotopic (exact) mass is 384 g/mol. The van der Waals surface area contributed by atoms with E-state index >= 15 is 0 Å². The van der Waals surface area contributed by atoms with Crippen LogP contribution in [0, 0.1) is 44.6 Å². The molecule has 8 nitrogen and oxygen atoms in total. The largest absolute Gasteiger partial charge is 0.352 e. The molecule has 0 radical (unpaired) electrons. The smallest absolute Gasteiger partial charge is 0.287 e. The first-order valence-electron chi connectivity index (χ1n) is 9.88. The highest BCUT2D eigenvalue weighted by Crippen LogP contribution is 2.61. The van der Waals surface area contributed by atoms with Crippen molar-refractivity contribution >= 4 is 11.6 Å². The van der Waals surface area contributed by atoms with Crippen molar-refractivity contribution in [3.8, 4) is 6.07 Å². The topological polar surface area (TPSA) is 118 Å². The molecule has 4 bridgehead atoms. The maximum Gasteiger partial charge on any atom is 0.287 e. The van der Waals surface area contributed by atoms with Crippen LogP contribution in [-0.2, 0) is 11.3 Å². The number of hydrogen-bond acceptors (Lipinski definition) is 5. The third-order valence-corrected chi connectivity index (χ3v) is 7.10. The van der Waals surface area contributed by atoms with Crippen LogP contribution < -0.4 is 10.9 Å². The fourth-order valence-corrected chi connectivity index (χ4v) is 6.22. The molecule has 28 heavy (non-hydrogen) atoms. The molecule has 0 saturated heterocycles. The van der Waals surface area contributed by atoms with E-state index in [-0.39, 0.29) is 35.2 Å². The maximum absolute atomic E-state index is 12.6. The Morgan fingerprint density at radius 1 is 1.36 bits per heavy atom. The number of nitriles is 1. The third-order valence-electron chi connectivity index (χ3n) is 7.10. The zero-order chi connectivity index (χ0) is 20.1. The van der Waals surface area contributed by atoms with Crippen molar-refractivity contribution in [2.24, 2.45) is 23.2 Å². The normalized spacial score (nSPS) is 31.2. The Hall–Kier alpha value is -2.69. The second-order valence-electron chi connectivity index (χ2n) is 8.98. The first-order valence-corrected chi connectivity index (χ1v) is 9.88. The standard InChI is InChI=1S/C20H24N4O4/c1-12(20-6-13-2-14(7-20)4-15(3-13)8-20)22-18(25)11-23-10-17(24(27)28)5-16(9-21)19(23)26/h5,10,12-15H,2-4,6-8,11H2,1H3,(H,22,25)/t12-,13?,14?,15?,20?/m1/s1. The van der Waals surface area contributed by atoms with Crippen molar-refractivity contribution in [1.29, 1.82) is 5.26 Å². The highest BCUT2D eigenvalue weighted by atomic mass is 16.6. The Morgan fingerprint density at radius 2 is 1.93 bits per heavy atom. The van der Waals surface area contributed by atoms with E-state index in [1.807, 2.05) is 6.92 Å². The van der Waals surface area contributed by atoms with Crippen LogP contribution in [0.15, 0.2) is 17.1 Å². The highest BCUT2D eigenvalue weighted by molar-refractivity contribution is 5.76. The molecule has 0 unspecified atom stereocenters. The van der Waals surface area contributed by atoms with Gasteiger partial charge in [0, 0.05) is 12.1 Å². The number of carbonyl (C=O) groups is 1. The zero-order valence-electron chi connectivity index (χ0n) is 15.9. The van der Waals surface area contributed by atoms with E-state index in [4.69, 9.17) is 5.26 Å². The number of amides is 1. The van der Waals surface area contributed by atoms with E-state index in [2.05, 4.69) is 5.32 Å². The Balaban J connectivity index is 1.49. The fraction of sp³-hybridized carbons (Fsp3) is 0.650.